The van der Waals surface area contributed by atoms with Gasteiger partial charge in [-0.15, -0.1) is 0 Å². The SMILES string of the molecule is CC(C)([SiH3])CCCCS(=O)(=O)O. The molecule has 0 aliphatic heterocycles. The maximum atomic E-state index is 10.3. The summed E-state index contributed by atoms with van der Waals surface area (Å²) in [6.45, 7) is 4.35. The Labute approximate surface area is 77.7 Å². The van der Waals surface area contributed by atoms with E-state index in [-0.39, 0.29) is 5.75 Å². The molecule has 0 heterocycles. The van der Waals surface area contributed by atoms with Crippen LogP contribution in [0.4, 0.5) is 0 Å². The predicted octanol–water partition coefficient (Wildman–Crippen LogP) is 0.608. The summed E-state index contributed by atoms with van der Waals surface area (Å²) < 4.78 is 29.1. The minimum absolute atomic E-state index is 0.0926. The Balaban J connectivity index is 3.48. The lowest BCUT2D eigenvalue weighted by Gasteiger charge is -2.16. The van der Waals surface area contributed by atoms with Gasteiger partial charge in [-0.25, -0.2) is 0 Å². The molecule has 0 spiro atoms. The summed E-state index contributed by atoms with van der Waals surface area (Å²) in [6.07, 6.45) is 2.51. The van der Waals surface area contributed by atoms with Gasteiger partial charge >= 0.3 is 0 Å². The van der Waals surface area contributed by atoms with Crippen molar-refractivity contribution in [1.82, 2.24) is 0 Å². The van der Waals surface area contributed by atoms with Crippen LogP contribution in [-0.4, -0.2) is 29.0 Å². The number of rotatable bonds is 5. The van der Waals surface area contributed by atoms with Crippen molar-refractivity contribution in [3.8, 4) is 0 Å². The molecule has 0 bridgehead atoms. The summed E-state index contributed by atoms with van der Waals surface area (Å²) in [6, 6.07) is 0. The van der Waals surface area contributed by atoms with Crippen molar-refractivity contribution in [2.45, 2.75) is 38.1 Å². The third-order valence-corrected chi connectivity index (χ3v) is 2.88. The van der Waals surface area contributed by atoms with Crippen LogP contribution in [0.1, 0.15) is 33.1 Å². The van der Waals surface area contributed by atoms with Crippen molar-refractivity contribution in [1.29, 1.82) is 0 Å². The number of hydrogen-bond acceptors (Lipinski definition) is 2. The molecule has 0 radical (unpaired) electrons. The fourth-order valence-electron chi connectivity index (χ4n) is 0.940. The summed E-state index contributed by atoms with van der Waals surface area (Å²) >= 11 is 0. The van der Waals surface area contributed by atoms with E-state index in [1.165, 1.54) is 0 Å². The highest BCUT2D eigenvalue weighted by Crippen LogP contribution is 2.25. The molecule has 0 aromatic rings. The fourth-order valence-corrected chi connectivity index (χ4v) is 1.86. The van der Waals surface area contributed by atoms with E-state index in [1.807, 2.05) is 0 Å². The van der Waals surface area contributed by atoms with Crippen molar-refractivity contribution in [2.75, 3.05) is 5.75 Å². The summed E-state index contributed by atoms with van der Waals surface area (Å²) in [7, 11) is -2.61. The summed E-state index contributed by atoms with van der Waals surface area (Å²) in [4.78, 5) is 0. The molecular weight excluding hydrogens is 192 g/mol. The molecule has 5 heteroatoms. The van der Waals surface area contributed by atoms with Crippen LogP contribution in [-0.2, 0) is 10.1 Å². The summed E-state index contributed by atoms with van der Waals surface area (Å²) in [5.41, 5.74) is 0. The van der Waals surface area contributed by atoms with E-state index in [1.54, 1.807) is 0 Å². The maximum absolute atomic E-state index is 10.3. The molecule has 0 rings (SSSR count). The van der Waals surface area contributed by atoms with Gasteiger partial charge in [-0.1, -0.05) is 26.7 Å². The van der Waals surface area contributed by atoms with Gasteiger partial charge in [0, 0.05) is 10.2 Å². The van der Waals surface area contributed by atoms with E-state index in [9.17, 15) is 8.42 Å². The molecule has 0 atom stereocenters. The second-order valence-corrected chi connectivity index (χ2v) is 8.58. The molecule has 3 nitrogen and oxygen atoms in total. The maximum Gasteiger partial charge on any atom is 0.264 e. The summed E-state index contributed by atoms with van der Waals surface area (Å²) in [5, 5.41) is 0.388. The fraction of sp³-hybridized carbons (Fsp3) is 1.00. The largest absolute Gasteiger partial charge is 0.286 e. The highest BCUT2D eigenvalue weighted by atomic mass is 32.2. The molecule has 74 valence electrons. The van der Waals surface area contributed by atoms with Gasteiger partial charge < -0.3 is 0 Å². The average molecular weight is 210 g/mol. The molecule has 0 amide bonds. The van der Waals surface area contributed by atoms with Gasteiger partial charge in [-0.2, -0.15) is 8.42 Å². The topological polar surface area (TPSA) is 54.4 Å². The smallest absolute Gasteiger partial charge is 0.264 e. The van der Waals surface area contributed by atoms with Crippen LogP contribution in [0.25, 0.3) is 0 Å². The van der Waals surface area contributed by atoms with Crippen LogP contribution in [0.2, 0.25) is 5.04 Å². The zero-order valence-corrected chi connectivity index (χ0v) is 10.8. The molecule has 0 saturated carbocycles. The first-order valence-electron chi connectivity index (χ1n) is 4.16. The first-order chi connectivity index (χ1) is 5.21. The molecule has 0 aromatic carbocycles. The van der Waals surface area contributed by atoms with Gasteiger partial charge in [0.15, 0.2) is 0 Å². The Morgan fingerprint density at radius 1 is 1.33 bits per heavy atom. The second-order valence-electron chi connectivity index (χ2n) is 4.30. The van der Waals surface area contributed by atoms with Crippen LogP contribution in [0.3, 0.4) is 0 Å². The first-order valence-corrected chi connectivity index (χ1v) is 6.77. The van der Waals surface area contributed by atoms with Gasteiger partial charge in [0.05, 0.1) is 5.75 Å². The lowest BCUT2D eigenvalue weighted by Crippen LogP contribution is -2.06. The van der Waals surface area contributed by atoms with Crippen molar-refractivity contribution in [3.63, 3.8) is 0 Å². The third-order valence-electron chi connectivity index (χ3n) is 1.58. The lowest BCUT2D eigenvalue weighted by molar-refractivity contribution is 0.476. The van der Waals surface area contributed by atoms with E-state index >= 15 is 0 Å². The zero-order valence-electron chi connectivity index (χ0n) is 8.00. The van der Waals surface area contributed by atoms with Gasteiger partial charge in [-0.3, -0.25) is 4.55 Å². The molecule has 0 fully saturated rings. The molecule has 0 aliphatic carbocycles. The Bertz CT molecular complexity index is 215. The number of unbranched alkanes of at least 4 members (excludes halogenated alkanes) is 1. The Hall–Kier alpha value is 0.127. The van der Waals surface area contributed by atoms with E-state index in [0.29, 0.717) is 11.5 Å². The van der Waals surface area contributed by atoms with Crippen LogP contribution < -0.4 is 0 Å². The van der Waals surface area contributed by atoms with Crippen LogP contribution in [0.5, 0.6) is 0 Å². The number of hydrogen-bond donors (Lipinski definition) is 1. The minimum Gasteiger partial charge on any atom is -0.286 e. The average Bonchev–Trinajstić information content (AvgIpc) is 1.76. The van der Waals surface area contributed by atoms with Gasteiger partial charge in [0.25, 0.3) is 10.1 Å². The van der Waals surface area contributed by atoms with E-state index in [0.717, 1.165) is 23.1 Å². The van der Waals surface area contributed by atoms with Crippen molar-refractivity contribution in [2.24, 2.45) is 0 Å². The van der Waals surface area contributed by atoms with Crippen LogP contribution in [0.15, 0.2) is 0 Å². The van der Waals surface area contributed by atoms with Gasteiger partial charge in [0.1, 0.15) is 0 Å². The third kappa shape index (κ3) is 10.1. The van der Waals surface area contributed by atoms with E-state index < -0.39 is 10.1 Å². The monoisotopic (exact) mass is 210 g/mol. The van der Waals surface area contributed by atoms with Crippen molar-refractivity contribution < 1.29 is 13.0 Å². The highest BCUT2D eigenvalue weighted by molar-refractivity contribution is 7.85. The van der Waals surface area contributed by atoms with Gasteiger partial charge in [-0.05, 0) is 11.5 Å². The van der Waals surface area contributed by atoms with E-state index in [2.05, 4.69) is 13.8 Å². The zero-order chi connectivity index (χ0) is 9.83. The van der Waals surface area contributed by atoms with Crippen molar-refractivity contribution >= 4 is 20.4 Å². The molecule has 0 aromatic heterocycles. The molecule has 0 aliphatic rings. The Morgan fingerprint density at radius 2 is 1.83 bits per heavy atom. The van der Waals surface area contributed by atoms with Gasteiger partial charge in [0.2, 0.25) is 0 Å². The van der Waals surface area contributed by atoms with Crippen molar-refractivity contribution in [3.05, 3.63) is 0 Å². The highest BCUT2D eigenvalue weighted by Gasteiger charge is 2.10. The van der Waals surface area contributed by atoms with Crippen LogP contribution in [0, 0.1) is 0 Å². The normalized spacial score (nSPS) is 13.6. The lowest BCUT2D eigenvalue weighted by atomic mass is 10.1. The molecule has 1 N–H and O–H groups in total. The summed E-state index contributed by atoms with van der Waals surface area (Å²) in [5.74, 6) is -0.0926. The standard InChI is InChI=1S/C7H18O3SSi/c1-7(2,12)5-3-4-6-11(8,9)10/h3-6H2,1-2,12H3,(H,8,9,10). The molecule has 12 heavy (non-hydrogen) atoms. The Kier molecular flexibility index (Phi) is 4.43. The van der Waals surface area contributed by atoms with Crippen LogP contribution >= 0.6 is 0 Å². The second kappa shape index (κ2) is 4.39. The molecular formula is C7H18O3SSi. The first kappa shape index (κ1) is 12.1. The predicted molar refractivity (Wildman–Crippen MR) is 54.2 cm³/mol. The Morgan fingerprint density at radius 3 is 2.17 bits per heavy atom. The van der Waals surface area contributed by atoms with E-state index in [4.69, 9.17) is 4.55 Å². The quantitative estimate of drug-likeness (QED) is 0.411. The minimum atomic E-state index is -3.73. The molecule has 0 saturated heterocycles. The molecule has 0 unspecified atom stereocenters.